The van der Waals surface area contributed by atoms with Gasteiger partial charge in [-0.25, -0.2) is 13.2 Å². The van der Waals surface area contributed by atoms with Crippen molar-refractivity contribution in [2.75, 3.05) is 23.9 Å². The lowest BCUT2D eigenvalue weighted by Gasteiger charge is -2.31. The first-order valence-electron chi connectivity index (χ1n) is 9.60. The van der Waals surface area contributed by atoms with E-state index in [4.69, 9.17) is 11.6 Å². The fourth-order valence-electron chi connectivity index (χ4n) is 3.85. The summed E-state index contributed by atoms with van der Waals surface area (Å²) in [5, 5.41) is 5.57. The molecule has 0 radical (unpaired) electrons. The summed E-state index contributed by atoms with van der Waals surface area (Å²) >= 11 is 6.30. The Kier molecular flexibility index (Phi) is 6.50. The number of nitrogens with zero attached hydrogens (tertiary/aromatic N) is 1. The Hall–Kier alpha value is -1.80. The molecule has 0 spiro atoms. The van der Waals surface area contributed by atoms with E-state index in [9.17, 15) is 18.0 Å². The molecule has 1 aliphatic carbocycles. The van der Waals surface area contributed by atoms with Gasteiger partial charge >= 0.3 is 6.03 Å². The number of carbonyl (C=O) groups is 2. The van der Waals surface area contributed by atoms with Crippen LogP contribution < -0.4 is 10.6 Å². The Morgan fingerprint density at radius 3 is 2.46 bits per heavy atom. The third-order valence-corrected chi connectivity index (χ3v) is 7.55. The summed E-state index contributed by atoms with van der Waals surface area (Å²) in [4.78, 5) is 26.6. The van der Waals surface area contributed by atoms with E-state index in [-0.39, 0.29) is 34.5 Å². The molecule has 0 bridgehead atoms. The van der Waals surface area contributed by atoms with Crippen LogP contribution in [0, 0.1) is 0 Å². The van der Waals surface area contributed by atoms with Crippen LogP contribution in [0.5, 0.6) is 0 Å². The van der Waals surface area contributed by atoms with Crippen LogP contribution in [0.4, 0.5) is 10.5 Å². The molecule has 2 N–H and O–H groups in total. The molecule has 1 heterocycles. The van der Waals surface area contributed by atoms with E-state index in [1.54, 1.807) is 17.0 Å². The maximum atomic E-state index is 12.8. The van der Waals surface area contributed by atoms with Crippen molar-refractivity contribution in [2.24, 2.45) is 0 Å². The molecule has 28 heavy (non-hydrogen) atoms. The highest BCUT2D eigenvalue weighted by Gasteiger charge is 2.29. The number of halogens is 1. The minimum atomic E-state index is -3.06. The van der Waals surface area contributed by atoms with Crippen molar-refractivity contribution in [1.82, 2.24) is 10.2 Å². The van der Waals surface area contributed by atoms with Gasteiger partial charge in [-0.1, -0.05) is 30.9 Å². The third kappa shape index (κ3) is 5.17. The number of nitrogens with one attached hydrogen (secondary N) is 2. The summed E-state index contributed by atoms with van der Waals surface area (Å²) in [6.45, 7) is 0. The molecule has 154 valence electrons. The third-order valence-electron chi connectivity index (χ3n) is 5.47. The number of anilines is 1. The maximum Gasteiger partial charge on any atom is 0.319 e. The van der Waals surface area contributed by atoms with Crippen LogP contribution in [-0.4, -0.2) is 55.9 Å². The lowest BCUT2D eigenvalue weighted by molar-refractivity contribution is 0.0696. The smallest absolute Gasteiger partial charge is 0.319 e. The van der Waals surface area contributed by atoms with Gasteiger partial charge in [-0.05, 0) is 37.5 Å². The van der Waals surface area contributed by atoms with Gasteiger partial charge in [0, 0.05) is 24.8 Å². The summed E-state index contributed by atoms with van der Waals surface area (Å²) in [5.41, 5.74) is 0.850. The maximum absolute atomic E-state index is 12.8. The van der Waals surface area contributed by atoms with Crippen molar-refractivity contribution in [3.05, 3.63) is 28.8 Å². The fourth-order valence-corrected chi connectivity index (χ4v) is 5.79. The average molecular weight is 428 g/mol. The summed E-state index contributed by atoms with van der Waals surface area (Å²) in [7, 11) is -1.25. The molecule has 1 saturated heterocycles. The zero-order valence-corrected chi connectivity index (χ0v) is 17.5. The summed E-state index contributed by atoms with van der Waals surface area (Å²) in [5.74, 6) is -0.0684. The van der Waals surface area contributed by atoms with Gasteiger partial charge in [0.1, 0.15) is 0 Å². The lowest BCUT2D eigenvalue weighted by atomic mass is 9.94. The van der Waals surface area contributed by atoms with Gasteiger partial charge in [-0.2, -0.15) is 0 Å². The number of rotatable bonds is 4. The number of hydrogen-bond donors (Lipinski definition) is 2. The average Bonchev–Trinajstić information content (AvgIpc) is 2.99. The van der Waals surface area contributed by atoms with Crippen LogP contribution in [0.25, 0.3) is 0 Å². The van der Waals surface area contributed by atoms with Gasteiger partial charge in [-0.15, -0.1) is 0 Å². The van der Waals surface area contributed by atoms with Crippen molar-refractivity contribution in [1.29, 1.82) is 0 Å². The number of sulfone groups is 1. The molecule has 3 amide bonds. The molecule has 2 aliphatic rings. The van der Waals surface area contributed by atoms with E-state index >= 15 is 0 Å². The molecule has 1 aromatic carbocycles. The van der Waals surface area contributed by atoms with Crippen LogP contribution in [0.3, 0.4) is 0 Å². The number of hydrogen-bond acceptors (Lipinski definition) is 4. The molecule has 0 aromatic heterocycles. The van der Waals surface area contributed by atoms with E-state index in [0.29, 0.717) is 17.7 Å². The quantitative estimate of drug-likeness (QED) is 0.771. The fraction of sp³-hybridized carbons (Fsp3) is 0.579. The number of carbonyl (C=O) groups excluding carboxylic acids is 2. The molecule has 9 heteroatoms. The molecule has 3 rings (SSSR count). The molecule has 1 aliphatic heterocycles. The van der Waals surface area contributed by atoms with Crippen molar-refractivity contribution in [2.45, 2.75) is 50.6 Å². The molecule has 1 saturated carbocycles. The van der Waals surface area contributed by atoms with Crippen molar-refractivity contribution >= 4 is 39.1 Å². The van der Waals surface area contributed by atoms with Crippen LogP contribution in [0.1, 0.15) is 48.9 Å². The normalized spacial score (nSPS) is 21.9. The monoisotopic (exact) mass is 427 g/mol. The van der Waals surface area contributed by atoms with Crippen LogP contribution in [0.2, 0.25) is 5.02 Å². The van der Waals surface area contributed by atoms with Crippen molar-refractivity contribution < 1.29 is 18.0 Å². The van der Waals surface area contributed by atoms with Gasteiger partial charge in [0.25, 0.3) is 5.91 Å². The standard InChI is InChI=1S/C19H26ClN3O4S/c1-23(15-5-3-2-4-6-15)18(24)16-8-7-13(11-17(16)20)21-19(25)22-14-9-10-28(26,27)12-14/h7-8,11,14-15H,2-6,9-10,12H2,1H3,(H2,21,22,25)/t14-/m1/s1. The minimum absolute atomic E-state index is 0.0396. The van der Waals surface area contributed by atoms with Gasteiger partial charge in [0.15, 0.2) is 9.84 Å². The van der Waals surface area contributed by atoms with E-state index < -0.39 is 15.9 Å². The first-order valence-corrected chi connectivity index (χ1v) is 11.8. The van der Waals surface area contributed by atoms with Gasteiger partial charge in [0.05, 0.1) is 22.1 Å². The second-order valence-electron chi connectivity index (χ2n) is 7.60. The Balaban J connectivity index is 1.60. The predicted octanol–water partition coefficient (Wildman–Crippen LogP) is 3.05. The Bertz CT molecular complexity index is 853. The van der Waals surface area contributed by atoms with E-state index in [0.717, 1.165) is 25.7 Å². The topological polar surface area (TPSA) is 95.6 Å². The highest BCUT2D eigenvalue weighted by molar-refractivity contribution is 7.91. The highest BCUT2D eigenvalue weighted by atomic mass is 35.5. The van der Waals surface area contributed by atoms with Crippen LogP contribution >= 0.6 is 11.6 Å². The van der Waals surface area contributed by atoms with E-state index in [2.05, 4.69) is 10.6 Å². The predicted molar refractivity (Wildman–Crippen MR) is 110 cm³/mol. The molecule has 1 aromatic rings. The largest absolute Gasteiger partial charge is 0.339 e. The van der Waals surface area contributed by atoms with E-state index in [1.807, 2.05) is 7.05 Å². The first kappa shape index (κ1) is 20.9. The zero-order chi connectivity index (χ0) is 20.3. The lowest BCUT2D eigenvalue weighted by Crippen LogP contribution is -2.39. The van der Waals surface area contributed by atoms with Gasteiger partial charge in [-0.3, -0.25) is 4.79 Å². The number of amides is 3. The molecule has 0 unspecified atom stereocenters. The SMILES string of the molecule is CN(C(=O)c1ccc(NC(=O)N[C@@H]2CCS(=O)(=O)C2)cc1Cl)C1CCCCC1. The number of benzene rings is 1. The summed E-state index contributed by atoms with van der Waals surface area (Å²) in [6, 6.07) is 4.14. The second kappa shape index (κ2) is 8.69. The van der Waals surface area contributed by atoms with Gasteiger partial charge < -0.3 is 15.5 Å². The molecular formula is C19H26ClN3O4S. The Labute approximate surface area is 170 Å². The van der Waals surface area contributed by atoms with Crippen molar-refractivity contribution in [3.63, 3.8) is 0 Å². The Morgan fingerprint density at radius 2 is 1.86 bits per heavy atom. The highest BCUT2D eigenvalue weighted by Crippen LogP contribution is 2.26. The van der Waals surface area contributed by atoms with Crippen molar-refractivity contribution in [3.8, 4) is 0 Å². The van der Waals surface area contributed by atoms with Crippen LogP contribution in [-0.2, 0) is 9.84 Å². The first-order chi connectivity index (χ1) is 13.2. The van der Waals surface area contributed by atoms with Crippen LogP contribution in [0.15, 0.2) is 18.2 Å². The molecule has 1 atom stereocenters. The zero-order valence-electron chi connectivity index (χ0n) is 15.9. The molecule has 2 fully saturated rings. The Morgan fingerprint density at radius 1 is 1.14 bits per heavy atom. The second-order valence-corrected chi connectivity index (χ2v) is 10.2. The minimum Gasteiger partial charge on any atom is -0.339 e. The number of urea groups is 1. The van der Waals surface area contributed by atoms with E-state index in [1.165, 1.54) is 12.5 Å². The van der Waals surface area contributed by atoms with Gasteiger partial charge in [0.2, 0.25) is 0 Å². The summed E-state index contributed by atoms with van der Waals surface area (Å²) in [6.07, 6.45) is 5.92. The molecule has 7 nitrogen and oxygen atoms in total. The molecular weight excluding hydrogens is 402 g/mol. The summed E-state index contributed by atoms with van der Waals surface area (Å²) < 4.78 is 22.9.